The molecule has 374 valence electrons. The first-order chi connectivity index (χ1) is 34.4. The molecule has 0 saturated carbocycles. The molecule has 0 aliphatic rings. The second-order valence-electron chi connectivity index (χ2n) is 23.2. The summed E-state index contributed by atoms with van der Waals surface area (Å²) in [6, 6.07) is 44.9. The van der Waals surface area contributed by atoms with Gasteiger partial charge >= 0.3 is 0 Å². The van der Waals surface area contributed by atoms with Crippen LogP contribution in [0.25, 0.3) is 49.9 Å². The highest BCUT2D eigenvalue weighted by Gasteiger charge is 2.27. The number of benzene rings is 7. The fourth-order valence-corrected chi connectivity index (χ4v) is 9.49. The predicted octanol–water partition coefficient (Wildman–Crippen LogP) is 19.3. The van der Waals surface area contributed by atoms with E-state index in [4.69, 9.17) is 9.72 Å². The number of para-hydroxylation sites is 3. The molecule has 7 aromatic carbocycles. The van der Waals surface area contributed by atoms with Gasteiger partial charge in [-0.15, -0.1) is 0 Å². The molecule has 8 heteroatoms. The lowest BCUT2D eigenvalue weighted by molar-refractivity contribution is 0.479. The summed E-state index contributed by atoms with van der Waals surface area (Å²) in [6.07, 6.45) is 1.89. The zero-order valence-electron chi connectivity index (χ0n) is 44.4. The molecule has 0 saturated heterocycles. The van der Waals surface area contributed by atoms with Crippen LogP contribution in [0.2, 0.25) is 0 Å². The normalized spacial score (nSPS) is 12.4. The van der Waals surface area contributed by atoms with E-state index >= 15 is 8.78 Å². The second-order valence-corrected chi connectivity index (χ2v) is 23.2. The van der Waals surface area contributed by atoms with Crippen LogP contribution >= 0.6 is 0 Å². The smallest absolute Gasteiger partial charge is 0.137 e. The van der Waals surface area contributed by atoms with Gasteiger partial charge in [0, 0.05) is 58.0 Å². The molecule has 5 nitrogen and oxygen atoms in total. The molecule has 9 aromatic rings. The number of ether oxygens (including phenoxy) is 1. The minimum Gasteiger partial charge on any atom is -0.457 e. The summed E-state index contributed by atoms with van der Waals surface area (Å²) in [5.74, 6) is -0.359. The van der Waals surface area contributed by atoms with Gasteiger partial charge in [-0.05, 0) is 128 Å². The van der Waals surface area contributed by atoms with Gasteiger partial charge in [0.15, 0.2) is 0 Å². The molecule has 0 aliphatic heterocycles. The van der Waals surface area contributed by atoms with Crippen molar-refractivity contribution in [2.24, 2.45) is 0 Å². The molecule has 0 spiro atoms. The van der Waals surface area contributed by atoms with E-state index < -0.39 is 22.9 Å². The molecule has 9 rings (SSSR count). The van der Waals surface area contributed by atoms with Crippen molar-refractivity contribution in [1.82, 2.24) is 9.55 Å². The molecular formula is C65H67F3N4O. The lowest BCUT2D eigenvalue weighted by Gasteiger charge is -2.27. The van der Waals surface area contributed by atoms with Crippen LogP contribution in [0.3, 0.4) is 0 Å². The maximum atomic E-state index is 16.3. The number of aromatic nitrogens is 2. The van der Waals surface area contributed by atoms with Crippen LogP contribution in [0.5, 0.6) is 11.5 Å². The maximum absolute atomic E-state index is 16.3. The first-order valence-electron chi connectivity index (χ1n) is 25.4. The Morgan fingerprint density at radius 2 is 1.08 bits per heavy atom. The van der Waals surface area contributed by atoms with E-state index in [0.29, 0.717) is 28.6 Å². The van der Waals surface area contributed by atoms with E-state index in [1.807, 2.05) is 48.7 Å². The van der Waals surface area contributed by atoms with E-state index in [9.17, 15) is 4.39 Å². The number of anilines is 4. The average Bonchev–Trinajstić information content (AvgIpc) is 3.64. The van der Waals surface area contributed by atoms with Gasteiger partial charge in [0.25, 0.3) is 0 Å². The fraction of sp³-hybridized carbons (Fsp3) is 0.277. The third kappa shape index (κ3) is 10.5. The largest absolute Gasteiger partial charge is 0.457 e. The van der Waals surface area contributed by atoms with Gasteiger partial charge in [-0.3, -0.25) is 4.57 Å². The Bertz CT molecular complexity index is 3500. The van der Waals surface area contributed by atoms with Gasteiger partial charge in [0.1, 0.15) is 34.8 Å². The van der Waals surface area contributed by atoms with Gasteiger partial charge in [0.05, 0.1) is 33.7 Å². The molecule has 2 heterocycles. The minimum atomic E-state index is -0.985. The van der Waals surface area contributed by atoms with Crippen molar-refractivity contribution in [1.29, 1.82) is 0 Å². The molecule has 0 unspecified atom stereocenters. The van der Waals surface area contributed by atoms with Crippen LogP contribution in [-0.2, 0) is 16.2 Å². The van der Waals surface area contributed by atoms with Crippen molar-refractivity contribution < 1.29 is 17.9 Å². The number of nitrogens with one attached hydrogen (secondary N) is 2. The topological polar surface area (TPSA) is 51.1 Å². The Kier molecular flexibility index (Phi) is 13.4. The maximum Gasteiger partial charge on any atom is 0.137 e. The standard InChI is InChI=1S/C65H67F3N4O/c1-38(2)40-26-41(39(3)4)28-42(27-40)52-31-45(65(11,12)13)32-53(61-54(67)34-46(66)35-55(61)68)62(52)71-57-20-16-15-19-56(57)70-47-29-44(64(8,9)10)30-49(36-47)73-48-22-23-51-50-18-14-17-21-58(50)72(59(51)37-48)60-33-43(24-25-69-60)63(5,6)7/h14-39,70-71H,1-13H3. The summed E-state index contributed by atoms with van der Waals surface area (Å²) >= 11 is 0. The van der Waals surface area contributed by atoms with Crippen molar-refractivity contribution in [2.45, 2.75) is 118 Å². The highest BCUT2D eigenvalue weighted by Crippen LogP contribution is 2.47. The molecule has 2 aromatic heterocycles. The Labute approximate surface area is 429 Å². The van der Waals surface area contributed by atoms with E-state index in [1.54, 1.807) is 0 Å². The molecule has 0 atom stereocenters. The Morgan fingerprint density at radius 3 is 1.71 bits per heavy atom. The quantitative estimate of drug-likeness (QED) is 0.136. The monoisotopic (exact) mass is 977 g/mol. The van der Waals surface area contributed by atoms with Crippen molar-refractivity contribution in [3.05, 3.63) is 191 Å². The molecule has 0 bridgehead atoms. The Hall–Kier alpha value is -7.32. The zero-order chi connectivity index (χ0) is 52.3. The van der Waals surface area contributed by atoms with Gasteiger partial charge < -0.3 is 15.4 Å². The number of nitrogens with zero attached hydrogens (tertiary/aromatic N) is 2. The number of fused-ring (bicyclic) bond motifs is 3. The van der Waals surface area contributed by atoms with Crippen molar-refractivity contribution in [3.8, 4) is 39.6 Å². The van der Waals surface area contributed by atoms with Crippen LogP contribution in [0.15, 0.2) is 146 Å². The van der Waals surface area contributed by atoms with Crippen molar-refractivity contribution in [2.75, 3.05) is 10.6 Å². The first kappa shape index (κ1) is 50.6. The number of hydrogen-bond donors (Lipinski definition) is 2. The number of pyridine rings is 1. The fourth-order valence-electron chi connectivity index (χ4n) is 9.49. The van der Waals surface area contributed by atoms with Gasteiger partial charge in [-0.25, -0.2) is 18.2 Å². The summed E-state index contributed by atoms with van der Waals surface area (Å²) in [6.45, 7) is 28.1. The Balaban J connectivity index is 1.17. The van der Waals surface area contributed by atoms with Gasteiger partial charge in [-0.1, -0.05) is 139 Å². The molecule has 73 heavy (non-hydrogen) atoms. The van der Waals surface area contributed by atoms with E-state index in [0.717, 1.165) is 78.8 Å². The minimum absolute atomic E-state index is 0.0604. The lowest BCUT2D eigenvalue weighted by Crippen LogP contribution is -2.13. The predicted molar refractivity (Wildman–Crippen MR) is 300 cm³/mol. The number of hydrogen-bond acceptors (Lipinski definition) is 4. The summed E-state index contributed by atoms with van der Waals surface area (Å²) in [5.41, 5.74) is 11.0. The highest BCUT2D eigenvalue weighted by atomic mass is 19.1. The van der Waals surface area contributed by atoms with Crippen LogP contribution < -0.4 is 15.4 Å². The summed E-state index contributed by atoms with van der Waals surface area (Å²) in [4.78, 5) is 4.88. The molecule has 0 amide bonds. The molecular weight excluding hydrogens is 910 g/mol. The highest BCUT2D eigenvalue weighted by molar-refractivity contribution is 6.09. The summed E-state index contributed by atoms with van der Waals surface area (Å²) in [7, 11) is 0. The number of rotatable bonds is 11. The first-order valence-corrected chi connectivity index (χ1v) is 25.4. The van der Waals surface area contributed by atoms with E-state index in [-0.39, 0.29) is 33.8 Å². The summed E-state index contributed by atoms with van der Waals surface area (Å²) in [5, 5.41) is 9.63. The third-order valence-corrected chi connectivity index (χ3v) is 13.9. The summed E-state index contributed by atoms with van der Waals surface area (Å²) < 4.78 is 56.2. The number of halogens is 3. The van der Waals surface area contributed by atoms with Crippen LogP contribution in [0, 0.1) is 17.5 Å². The zero-order valence-corrected chi connectivity index (χ0v) is 44.4. The SMILES string of the molecule is CC(C)c1cc(-c2cc(C(C)(C)C)cc(-c3c(F)cc(F)cc3F)c2Nc2ccccc2Nc2cc(Oc3ccc4c5ccccc5n(-c5cc(C(C)(C)C)ccn5)c4c3)cc(C(C)(C)C)c2)cc(C(C)C)c1. The van der Waals surface area contributed by atoms with Crippen LogP contribution in [0.1, 0.15) is 130 Å². The average molecular weight is 977 g/mol. The van der Waals surface area contributed by atoms with Crippen molar-refractivity contribution >= 4 is 44.6 Å². The second kappa shape index (κ2) is 19.3. The molecule has 2 N–H and O–H groups in total. The third-order valence-electron chi connectivity index (χ3n) is 13.9. The van der Waals surface area contributed by atoms with E-state index in [2.05, 4.69) is 190 Å². The van der Waals surface area contributed by atoms with E-state index in [1.165, 1.54) is 5.56 Å². The Morgan fingerprint density at radius 1 is 0.507 bits per heavy atom. The van der Waals surface area contributed by atoms with Gasteiger partial charge in [-0.2, -0.15) is 0 Å². The van der Waals surface area contributed by atoms with Crippen molar-refractivity contribution in [3.63, 3.8) is 0 Å². The molecule has 0 aliphatic carbocycles. The molecule has 0 radical (unpaired) electrons. The lowest BCUT2D eigenvalue weighted by atomic mass is 9.81. The molecule has 0 fully saturated rings. The van der Waals surface area contributed by atoms with Gasteiger partial charge in [0.2, 0.25) is 0 Å². The van der Waals surface area contributed by atoms with Crippen LogP contribution in [-0.4, -0.2) is 9.55 Å². The van der Waals surface area contributed by atoms with Crippen LogP contribution in [0.4, 0.5) is 35.9 Å².